The number of hydrogen-bond acceptors (Lipinski definition) is 9. The Kier molecular flexibility index (Phi) is 7.68. The molecule has 136 valence electrons. The Bertz CT molecular complexity index is 1370. The second-order valence-corrected chi connectivity index (χ2v) is 7.93. The van der Waals surface area contributed by atoms with Crippen molar-refractivity contribution in [2.75, 3.05) is 0 Å². The van der Waals surface area contributed by atoms with Crippen LogP contribution >= 0.6 is 0 Å². The molecule has 3 rings (SSSR count). The van der Waals surface area contributed by atoms with Crippen LogP contribution < -0.4 is 69.6 Å². The molecule has 0 fully saturated rings. The van der Waals surface area contributed by atoms with Crippen molar-refractivity contribution in [3.63, 3.8) is 0 Å². The molecule has 0 unspecified atom stereocenters. The van der Waals surface area contributed by atoms with Gasteiger partial charge in [-0.05, 0) is 35.9 Å². The molecule has 0 aliphatic rings. The Hall–Kier alpha value is -0.800. The van der Waals surface area contributed by atoms with Gasteiger partial charge in [0.2, 0.25) is 5.43 Å². The van der Waals surface area contributed by atoms with Gasteiger partial charge in [-0.1, -0.05) is 0 Å². The first-order valence-corrected chi connectivity index (χ1v) is 9.44. The Labute approximate surface area is 201 Å². The molecule has 1 aromatic heterocycles. The number of hydrogen-bond donors (Lipinski definition) is 1. The van der Waals surface area contributed by atoms with Crippen molar-refractivity contribution in [1.29, 1.82) is 0 Å². The van der Waals surface area contributed by atoms with Crippen molar-refractivity contribution >= 4 is 48.1 Å². The number of carbonyl (C=O) groups excluding carboxylic acids is 1. The van der Waals surface area contributed by atoms with E-state index in [2.05, 4.69) is 0 Å². The van der Waals surface area contributed by atoms with Crippen molar-refractivity contribution < 1.29 is 99.4 Å². The molecule has 0 aliphatic heterocycles. The van der Waals surface area contributed by atoms with Crippen molar-refractivity contribution in [1.82, 2.24) is 0 Å². The molecule has 0 atom stereocenters. The van der Waals surface area contributed by atoms with E-state index >= 15 is 0 Å². The van der Waals surface area contributed by atoms with E-state index in [9.17, 15) is 40.6 Å². The second kappa shape index (κ2) is 8.52. The zero-order valence-electron chi connectivity index (χ0n) is 14.3. The smallest absolute Gasteiger partial charge is 0.744 e. The maximum absolute atomic E-state index is 12.6. The summed E-state index contributed by atoms with van der Waals surface area (Å²) < 4.78 is 71.2. The zero-order valence-corrected chi connectivity index (χ0v) is 20.0. The molecule has 28 heavy (non-hydrogen) atoms. The van der Waals surface area contributed by atoms with Crippen molar-refractivity contribution in [3.05, 3.63) is 46.1 Å². The Morgan fingerprint density at radius 3 is 2.11 bits per heavy atom. The zero-order chi connectivity index (χ0) is 19.4. The number of carboxylic acid groups (broad SMARTS) is 1. The molecule has 0 saturated heterocycles. The number of fused-ring (bicyclic) bond motifs is 2. The van der Waals surface area contributed by atoms with E-state index in [4.69, 9.17) is 4.42 Å². The van der Waals surface area contributed by atoms with Gasteiger partial charge in [0.1, 0.15) is 20.6 Å². The van der Waals surface area contributed by atoms with Gasteiger partial charge in [-0.2, -0.15) is 8.42 Å². The number of carboxylic acids is 1. The van der Waals surface area contributed by atoms with Gasteiger partial charge in [-0.3, -0.25) is 9.35 Å². The molecule has 10 nitrogen and oxygen atoms in total. The van der Waals surface area contributed by atoms with Gasteiger partial charge >= 0.3 is 59.1 Å². The molecule has 2 aromatic carbocycles. The van der Waals surface area contributed by atoms with E-state index in [1.807, 2.05) is 0 Å². The van der Waals surface area contributed by atoms with Gasteiger partial charge in [0, 0.05) is 0 Å². The Morgan fingerprint density at radius 2 is 1.61 bits per heavy atom. The molecular formula is C14H6Na2O10S2. The van der Waals surface area contributed by atoms with Crippen molar-refractivity contribution in [2.24, 2.45) is 0 Å². The minimum Gasteiger partial charge on any atom is -0.744 e. The van der Waals surface area contributed by atoms with Crippen LogP contribution in [0.15, 0.2) is 49.3 Å². The van der Waals surface area contributed by atoms with Crippen LogP contribution in [0.5, 0.6) is 0 Å². The topological polar surface area (TPSA) is 182 Å². The molecular weight excluding hydrogens is 438 g/mol. The van der Waals surface area contributed by atoms with Gasteiger partial charge in [-0.25, -0.2) is 8.42 Å². The van der Waals surface area contributed by atoms with Gasteiger partial charge in [0.25, 0.3) is 10.1 Å². The van der Waals surface area contributed by atoms with Crippen molar-refractivity contribution in [3.8, 4) is 0 Å². The maximum Gasteiger partial charge on any atom is 1.00 e. The first-order valence-electron chi connectivity index (χ1n) is 6.59. The fourth-order valence-corrected chi connectivity index (χ4v) is 3.63. The van der Waals surface area contributed by atoms with Crippen LogP contribution in [0.3, 0.4) is 0 Å². The fourth-order valence-electron chi connectivity index (χ4n) is 2.37. The summed E-state index contributed by atoms with van der Waals surface area (Å²) in [6.45, 7) is 0. The first-order chi connectivity index (χ1) is 11.9. The van der Waals surface area contributed by atoms with E-state index in [0.717, 1.165) is 18.2 Å². The van der Waals surface area contributed by atoms with Gasteiger partial charge in [0.05, 0.1) is 21.6 Å². The summed E-state index contributed by atoms with van der Waals surface area (Å²) >= 11 is 0. The minimum atomic E-state index is -5.18. The van der Waals surface area contributed by atoms with Crippen LogP contribution in [0.4, 0.5) is 0 Å². The fraction of sp³-hybridized carbons (Fsp3) is 0. The van der Waals surface area contributed by atoms with Gasteiger partial charge in [-0.15, -0.1) is 0 Å². The first kappa shape index (κ1) is 25.2. The van der Waals surface area contributed by atoms with Crippen LogP contribution in [0.25, 0.3) is 21.9 Å². The summed E-state index contributed by atoms with van der Waals surface area (Å²) in [5.41, 5.74) is -2.29. The summed E-state index contributed by atoms with van der Waals surface area (Å²) in [4.78, 5) is 21.3. The molecule has 1 N–H and O–H groups in total. The van der Waals surface area contributed by atoms with Crippen molar-refractivity contribution in [2.45, 2.75) is 9.79 Å². The predicted molar refractivity (Wildman–Crippen MR) is 82.1 cm³/mol. The monoisotopic (exact) mass is 444 g/mol. The van der Waals surface area contributed by atoms with Crippen LogP contribution in [0.1, 0.15) is 10.4 Å². The third kappa shape index (κ3) is 4.67. The SMILES string of the molecule is O=C([O-])c1ccc2oc3c(S(=O)(=O)O)cc(S(=O)(=O)[O-])cc3c(=O)c2c1.[Na+].[Na+]. The summed E-state index contributed by atoms with van der Waals surface area (Å²) in [5.74, 6) is -1.60. The van der Waals surface area contributed by atoms with Crippen LogP contribution in [0.2, 0.25) is 0 Å². The summed E-state index contributed by atoms with van der Waals surface area (Å²) in [7, 11) is -10.2. The summed E-state index contributed by atoms with van der Waals surface area (Å²) in [5, 5.41) is 9.95. The minimum absolute atomic E-state index is 0. The van der Waals surface area contributed by atoms with E-state index in [1.54, 1.807) is 0 Å². The average molecular weight is 444 g/mol. The molecule has 0 radical (unpaired) electrons. The Morgan fingerprint density at radius 1 is 1.00 bits per heavy atom. The van der Waals surface area contributed by atoms with E-state index in [0.29, 0.717) is 12.1 Å². The number of carbonyl (C=O) groups is 1. The molecule has 0 bridgehead atoms. The molecule has 0 amide bonds. The van der Waals surface area contributed by atoms with Gasteiger partial charge < -0.3 is 18.9 Å². The summed E-state index contributed by atoms with van der Waals surface area (Å²) in [6.07, 6.45) is 0. The molecule has 0 spiro atoms. The number of benzene rings is 2. The molecule has 14 heteroatoms. The number of rotatable bonds is 3. The normalized spacial score (nSPS) is 11.6. The largest absolute Gasteiger partial charge is 1.00 e. The predicted octanol–water partition coefficient (Wildman–Crippen LogP) is -6.53. The van der Waals surface area contributed by atoms with Crippen LogP contribution in [-0.2, 0) is 20.2 Å². The maximum atomic E-state index is 12.6. The standard InChI is InChI=1S/C14H8O10S2.2Na/c15-12-8-3-6(14(16)17)1-2-10(8)24-13-9(12)4-7(25(18,19)20)5-11(13)26(21,22)23;;/h1-5H,(H,16,17)(H,18,19,20)(H,21,22,23);;/q;2*+1/p-2. The molecule has 3 aromatic rings. The number of aromatic carboxylic acids is 1. The Balaban J connectivity index is 0.00000196. The average Bonchev–Trinajstić information content (AvgIpc) is 2.52. The third-order valence-electron chi connectivity index (χ3n) is 3.51. The van der Waals surface area contributed by atoms with Gasteiger partial charge in [0.15, 0.2) is 5.58 Å². The van der Waals surface area contributed by atoms with E-state index in [-0.39, 0.29) is 75.6 Å². The molecule has 1 heterocycles. The van der Waals surface area contributed by atoms with Crippen LogP contribution in [-0.4, -0.2) is 31.9 Å². The summed E-state index contributed by atoms with van der Waals surface area (Å²) in [6, 6.07) is 3.94. The quantitative estimate of drug-likeness (QED) is 0.232. The molecule has 0 aliphatic carbocycles. The molecule has 0 saturated carbocycles. The third-order valence-corrected chi connectivity index (χ3v) is 5.18. The second-order valence-electron chi connectivity index (χ2n) is 5.16. The van der Waals surface area contributed by atoms with E-state index < -0.39 is 52.4 Å². The van der Waals surface area contributed by atoms with E-state index in [1.165, 1.54) is 0 Å². The van der Waals surface area contributed by atoms with Crippen LogP contribution in [0, 0.1) is 0 Å².